The molecule has 0 saturated heterocycles. The highest BCUT2D eigenvalue weighted by Crippen LogP contribution is 2.34. The van der Waals surface area contributed by atoms with Crippen LogP contribution in [0.3, 0.4) is 0 Å². The largest absolute Gasteiger partial charge is 0.480 e. The zero-order valence-electron chi connectivity index (χ0n) is 7.90. The maximum Gasteiger partial charge on any atom is 0.321 e. The number of carboxylic acid groups (broad SMARTS) is 1. The van der Waals surface area contributed by atoms with Gasteiger partial charge in [-0.05, 0) is 11.6 Å². The van der Waals surface area contributed by atoms with Crippen LogP contribution in [0.4, 0.5) is 10.1 Å². The van der Waals surface area contributed by atoms with Crippen LogP contribution in [0, 0.1) is 5.82 Å². The van der Waals surface area contributed by atoms with E-state index in [9.17, 15) is 9.18 Å². The number of fused-ring (bicyclic) bond motifs is 1. The molecular formula is C10H11FN2O2. The molecule has 0 radical (unpaired) electrons. The molecule has 4 nitrogen and oxygen atoms in total. The van der Waals surface area contributed by atoms with Gasteiger partial charge in [0.15, 0.2) is 0 Å². The first kappa shape index (κ1) is 9.92. The van der Waals surface area contributed by atoms with E-state index in [4.69, 9.17) is 10.8 Å². The second-order valence-corrected chi connectivity index (χ2v) is 3.56. The average molecular weight is 210 g/mol. The number of halogens is 1. The molecular weight excluding hydrogens is 199 g/mol. The topological polar surface area (TPSA) is 75.4 Å². The molecule has 2 atom stereocenters. The highest BCUT2D eigenvalue weighted by Gasteiger charge is 2.32. The van der Waals surface area contributed by atoms with Crippen molar-refractivity contribution in [2.75, 3.05) is 11.9 Å². The van der Waals surface area contributed by atoms with Crippen LogP contribution in [0.15, 0.2) is 18.2 Å². The van der Waals surface area contributed by atoms with E-state index in [1.165, 1.54) is 6.07 Å². The van der Waals surface area contributed by atoms with E-state index in [2.05, 4.69) is 5.32 Å². The predicted octanol–water partition coefficient (Wildman–Crippen LogP) is 0.747. The molecule has 0 aliphatic carbocycles. The summed E-state index contributed by atoms with van der Waals surface area (Å²) in [6.07, 6.45) is 0. The van der Waals surface area contributed by atoms with Gasteiger partial charge in [-0.25, -0.2) is 4.39 Å². The quantitative estimate of drug-likeness (QED) is 0.673. The predicted molar refractivity (Wildman–Crippen MR) is 53.2 cm³/mol. The Kier molecular flexibility index (Phi) is 2.32. The van der Waals surface area contributed by atoms with Crippen molar-refractivity contribution in [2.45, 2.75) is 12.0 Å². The van der Waals surface area contributed by atoms with Crippen molar-refractivity contribution < 1.29 is 14.3 Å². The van der Waals surface area contributed by atoms with Gasteiger partial charge in [-0.15, -0.1) is 0 Å². The van der Waals surface area contributed by atoms with E-state index in [0.29, 0.717) is 17.8 Å². The number of hydrogen-bond donors (Lipinski definition) is 3. The molecule has 0 aromatic heterocycles. The molecule has 0 bridgehead atoms. The lowest BCUT2D eigenvalue weighted by Crippen LogP contribution is -2.37. The van der Waals surface area contributed by atoms with Crippen LogP contribution in [0.5, 0.6) is 0 Å². The third kappa shape index (κ3) is 1.55. The van der Waals surface area contributed by atoms with Gasteiger partial charge in [-0.2, -0.15) is 0 Å². The fourth-order valence-electron chi connectivity index (χ4n) is 1.85. The Morgan fingerprint density at radius 1 is 1.67 bits per heavy atom. The summed E-state index contributed by atoms with van der Waals surface area (Å²) in [5, 5.41) is 11.6. The summed E-state index contributed by atoms with van der Waals surface area (Å²) in [6, 6.07) is 3.59. The van der Waals surface area contributed by atoms with Crippen LogP contribution in [0.1, 0.15) is 11.5 Å². The smallest absolute Gasteiger partial charge is 0.321 e. The molecule has 1 aliphatic heterocycles. The van der Waals surface area contributed by atoms with Crippen LogP contribution < -0.4 is 11.1 Å². The number of para-hydroxylation sites is 1. The first-order valence-electron chi connectivity index (χ1n) is 4.62. The summed E-state index contributed by atoms with van der Waals surface area (Å²) in [4.78, 5) is 10.7. The van der Waals surface area contributed by atoms with Crippen molar-refractivity contribution in [2.24, 2.45) is 5.73 Å². The minimum atomic E-state index is -1.07. The van der Waals surface area contributed by atoms with Crippen LogP contribution >= 0.6 is 0 Å². The van der Waals surface area contributed by atoms with E-state index in [1.54, 1.807) is 12.1 Å². The molecule has 0 amide bonds. The molecule has 4 N–H and O–H groups in total. The number of nitrogens with one attached hydrogen (secondary N) is 1. The number of carbonyl (C=O) groups is 1. The van der Waals surface area contributed by atoms with Crippen molar-refractivity contribution >= 4 is 11.7 Å². The molecule has 1 aliphatic rings. The first-order chi connectivity index (χ1) is 7.11. The second kappa shape index (κ2) is 3.51. The van der Waals surface area contributed by atoms with Crippen molar-refractivity contribution in [3.63, 3.8) is 0 Å². The Morgan fingerprint density at radius 2 is 2.40 bits per heavy atom. The van der Waals surface area contributed by atoms with Gasteiger partial charge in [0, 0.05) is 12.5 Å². The van der Waals surface area contributed by atoms with E-state index in [0.717, 1.165) is 0 Å². The molecule has 1 aromatic carbocycles. The lowest BCUT2D eigenvalue weighted by molar-refractivity contribution is -0.138. The second-order valence-electron chi connectivity index (χ2n) is 3.56. The molecule has 15 heavy (non-hydrogen) atoms. The van der Waals surface area contributed by atoms with E-state index >= 15 is 0 Å². The van der Waals surface area contributed by atoms with E-state index < -0.39 is 12.0 Å². The van der Waals surface area contributed by atoms with Gasteiger partial charge < -0.3 is 16.2 Å². The minimum absolute atomic E-state index is 0.365. The van der Waals surface area contributed by atoms with Gasteiger partial charge in [0.05, 0.1) is 5.69 Å². The van der Waals surface area contributed by atoms with Crippen molar-refractivity contribution in [3.05, 3.63) is 29.6 Å². The Balaban J connectivity index is 2.37. The number of benzene rings is 1. The maximum atomic E-state index is 13.3. The summed E-state index contributed by atoms with van der Waals surface area (Å²) in [7, 11) is 0. The van der Waals surface area contributed by atoms with Crippen LogP contribution in [0.2, 0.25) is 0 Å². The van der Waals surface area contributed by atoms with E-state index in [-0.39, 0.29) is 11.7 Å². The highest BCUT2D eigenvalue weighted by molar-refractivity contribution is 5.76. The summed E-state index contributed by atoms with van der Waals surface area (Å²) < 4.78 is 13.3. The normalized spacial score (nSPS) is 20.5. The SMILES string of the molecule is NC(C(=O)O)C1CNc2c(F)cccc21. The fraction of sp³-hybridized carbons (Fsp3) is 0.300. The van der Waals surface area contributed by atoms with Crippen molar-refractivity contribution in [3.8, 4) is 0 Å². The molecule has 0 spiro atoms. The maximum absolute atomic E-state index is 13.3. The minimum Gasteiger partial charge on any atom is -0.480 e. The number of hydrogen-bond acceptors (Lipinski definition) is 3. The zero-order chi connectivity index (χ0) is 11.0. The molecule has 0 fully saturated rings. The Bertz CT molecular complexity index is 408. The number of nitrogens with two attached hydrogens (primary N) is 1. The fourth-order valence-corrected chi connectivity index (χ4v) is 1.85. The first-order valence-corrected chi connectivity index (χ1v) is 4.62. The van der Waals surface area contributed by atoms with Gasteiger partial charge in [-0.1, -0.05) is 12.1 Å². The van der Waals surface area contributed by atoms with Crippen LogP contribution in [0.25, 0.3) is 0 Å². The summed E-state index contributed by atoms with van der Waals surface area (Å²) >= 11 is 0. The molecule has 0 saturated carbocycles. The molecule has 80 valence electrons. The van der Waals surface area contributed by atoms with Gasteiger partial charge in [0.25, 0.3) is 0 Å². The van der Waals surface area contributed by atoms with Gasteiger partial charge in [0.2, 0.25) is 0 Å². The van der Waals surface area contributed by atoms with Crippen molar-refractivity contribution in [1.29, 1.82) is 0 Å². The highest BCUT2D eigenvalue weighted by atomic mass is 19.1. The lowest BCUT2D eigenvalue weighted by Gasteiger charge is -2.14. The van der Waals surface area contributed by atoms with Crippen LogP contribution in [-0.2, 0) is 4.79 Å². The van der Waals surface area contributed by atoms with Crippen LogP contribution in [-0.4, -0.2) is 23.7 Å². The molecule has 2 rings (SSSR count). The number of anilines is 1. The Hall–Kier alpha value is -1.62. The standard InChI is InChI=1S/C10H11FN2O2/c11-7-3-1-2-5-6(4-13-9(5)7)8(12)10(14)15/h1-3,6,8,13H,4,12H2,(H,14,15). The summed E-state index contributed by atoms with van der Waals surface area (Å²) in [5.41, 5.74) is 6.54. The van der Waals surface area contributed by atoms with Gasteiger partial charge in [-0.3, -0.25) is 4.79 Å². The van der Waals surface area contributed by atoms with Crippen molar-refractivity contribution in [1.82, 2.24) is 0 Å². The molecule has 2 unspecified atom stereocenters. The molecule has 1 aromatic rings. The summed E-state index contributed by atoms with van der Waals surface area (Å²) in [6.45, 7) is 0.365. The third-order valence-electron chi connectivity index (χ3n) is 2.66. The Labute approximate surface area is 85.9 Å². The average Bonchev–Trinajstić information content (AvgIpc) is 2.61. The van der Waals surface area contributed by atoms with Gasteiger partial charge in [0.1, 0.15) is 11.9 Å². The van der Waals surface area contributed by atoms with Gasteiger partial charge >= 0.3 is 5.97 Å². The zero-order valence-corrected chi connectivity index (χ0v) is 7.90. The third-order valence-corrected chi connectivity index (χ3v) is 2.66. The summed E-state index contributed by atoms with van der Waals surface area (Å²) in [5.74, 6) is -1.81. The number of aliphatic carboxylic acids is 1. The molecule has 1 heterocycles. The monoisotopic (exact) mass is 210 g/mol. The molecule has 5 heteroatoms. The Morgan fingerprint density at radius 3 is 3.07 bits per heavy atom. The number of rotatable bonds is 2. The van der Waals surface area contributed by atoms with E-state index in [1.807, 2.05) is 0 Å². The number of carboxylic acids is 1. The lowest BCUT2D eigenvalue weighted by atomic mass is 9.94.